The van der Waals surface area contributed by atoms with Gasteiger partial charge in [-0.05, 0) is 5.56 Å². The molecule has 2 N–H and O–H groups in total. The lowest BCUT2D eigenvalue weighted by Crippen LogP contribution is -2.33. The van der Waals surface area contributed by atoms with Crippen LogP contribution < -0.4 is 0 Å². The van der Waals surface area contributed by atoms with Crippen molar-refractivity contribution in [3.05, 3.63) is 52.0 Å². The predicted molar refractivity (Wildman–Crippen MR) is 77.3 cm³/mol. The first-order valence-electron chi connectivity index (χ1n) is 6.24. The van der Waals surface area contributed by atoms with Gasteiger partial charge >= 0.3 is 5.97 Å². The molecule has 7 heteroatoms. The highest BCUT2D eigenvalue weighted by Crippen LogP contribution is 2.14. The maximum absolute atomic E-state index is 12.3. The fourth-order valence-electron chi connectivity index (χ4n) is 1.78. The number of hydrogen-bond donors (Lipinski definition) is 2. The summed E-state index contributed by atoms with van der Waals surface area (Å²) in [5, 5.41) is 19.4. The lowest BCUT2D eigenvalue weighted by atomic mass is 10.2. The number of aromatic nitrogens is 1. The lowest BCUT2D eigenvalue weighted by Gasteiger charge is -2.20. The molecule has 0 aliphatic heterocycles. The number of nitrogens with zero attached hydrogens (tertiary/aromatic N) is 2. The Morgan fingerprint density at radius 1 is 1.24 bits per heavy atom. The molecular weight excluding hydrogens is 292 g/mol. The number of carboxylic acid groups (broad SMARTS) is 1. The summed E-state index contributed by atoms with van der Waals surface area (Å²) in [7, 11) is 0. The number of aliphatic hydroxyl groups excluding tert-OH is 1. The highest BCUT2D eigenvalue weighted by molar-refractivity contribution is 7.11. The van der Waals surface area contributed by atoms with Gasteiger partial charge in [0.1, 0.15) is 0 Å². The monoisotopic (exact) mass is 306 g/mol. The van der Waals surface area contributed by atoms with Gasteiger partial charge in [-0.15, -0.1) is 11.3 Å². The normalized spacial score (nSPS) is 10.3. The molecule has 21 heavy (non-hydrogen) atoms. The van der Waals surface area contributed by atoms with Crippen LogP contribution >= 0.6 is 11.3 Å². The van der Waals surface area contributed by atoms with Gasteiger partial charge in [0.25, 0.3) is 5.91 Å². The van der Waals surface area contributed by atoms with E-state index in [2.05, 4.69) is 4.98 Å². The third-order valence-corrected chi connectivity index (χ3v) is 3.61. The Bertz CT molecular complexity index is 627. The van der Waals surface area contributed by atoms with Gasteiger partial charge in [-0.1, -0.05) is 30.3 Å². The molecule has 1 heterocycles. The summed E-state index contributed by atoms with van der Waals surface area (Å²) in [5.74, 6) is -1.55. The Balaban J connectivity index is 2.16. The Morgan fingerprint density at radius 2 is 1.95 bits per heavy atom. The number of carboxylic acids is 1. The van der Waals surface area contributed by atoms with E-state index >= 15 is 0 Å². The molecule has 0 saturated carbocycles. The highest BCUT2D eigenvalue weighted by Gasteiger charge is 2.20. The second kappa shape index (κ2) is 6.96. The summed E-state index contributed by atoms with van der Waals surface area (Å²) >= 11 is 0.986. The molecule has 0 atom stereocenters. The van der Waals surface area contributed by atoms with E-state index in [1.165, 1.54) is 10.3 Å². The summed E-state index contributed by atoms with van der Waals surface area (Å²) < 4.78 is 0. The molecule has 1 aromatic carbocycles. The Morgan fingerprint density at radius 3 is 2.52 bits per heavy atom. The smallest absolute Gasteiger partial charge is 0.355 e. The van der Waals surface area contributed by atoms with Crippen LogP contribution in [0.2, 0.25) is 0 Å². The minimum Gasteiger partial charge on any atom is -0.476 e. The van der Waals surface area contributed by atoms with E-state index in [9.17, 15) is 9.59 Å². The van der Waals surface area contributed by atoms with Gasteiger partial charge in [0.15, 0.2) is 10.7 Å². The zero-order chi connectivity index (χ0) is 15.2. The molecule has 0 radical (unpaired) electrons. The number of rotatable bonds is 6. The van der Waals surface area contributed by atoms with Crippen molar-refractivity contribution in [2.75, 3.05) is 13.2 Å². The average molecular weight is 306 g/mol. The number of benzene rings is 1. The largest absolute Gasteiger partial charge is 0.476 e. The van der Waals surface area contributed by atoms with Crippen LogP contribution in [0.15, 0.2) is 35.7 Å². The molecule has 0 unspecified atom stereocenters. The van der Waals surface area contributed by atoms with Crippen LogP contribution in [-0.2, 0) is 6.54 Å². The van der Waals surface area contributed by atoms with Gasteiger partial charge in [0.2, 0.25) is 0 Å². The lowest BCUT2D eigenvalue weighted by molar-refractivity contribution is 0.0690. The first kappa shape index (κ1) is 15.1. The van der Waals surface area contributed by atoms with Gasteiger partial charge in [-0.2, -0.15) is 0 Å². The van der Waals surface area contributed by atoms with Gasteiger partial charge in [-0.3, -0.25) is 4.79 Å². The molecule has 6 nitrogen and oxygen atoms in total. The van der Waals surface area contributed by atoms with Gasteiger partial charge in [-0.25, -0.2) is 9.78 Å². The fourth-order valence-corrected chi connectivity index (χ4v) is 2.54. The predicted octanol–water partition coefficient (Wildman–Crippen LogP) is 1.48. The van der Waals surface area contributed by atoms with Crippen LogP contribution in [0.1, 0.15) is 25.9 Å². The highest BCUT2D eigenvalue weighted by atomic mass is 32.1. The molecule has 0 fully saturated rings. The standard InChI is InChI=1S/C14H14N2O4S/c17-7-6-16(8-10-4-2-1-3-5-10)13(18)12-15-11(9-21-12)14(19)20/h1-5,9,17H,6-8H2,(H,19,20). The van der Waals surface area contributed by atoms with E-state index in [-0.39, 0.29) is 29.8 Å². The minimum absolute atomic E-state index is 0.108. The summed E-state index contributed by atoms with van der Waals surface area (Å²) in [6, 6.07) is 9.36. The van der Waals surface area contributed by atoms with Gasteiger partial charge in [0.05, 0.1) is 6.61 Å². The van der Waals surface area contributed by atoms with Crippen molar-refractivity contribution in [1.29, 1.82) is 0 Å². The summed E-state index contributed by atoms with van der Waals surface area (Å²) in [5.41, 5.74) is 0.779. The molecule has 0 spiro atoms. The number of hydrogen-bond acceptors (Lipinski definition) is 5. The number of carbonyl (C=O) groups is 2. The Kier molecular flexibility index (Phi) is 5.02. The maximum atomic E-state index is 12.3. The molecule has 1 aromatic heterocycles. The SMILES string of the molecule is O=C(O)c1csc(C(=O)N(CCO)Cc2ccccc2)n1. The molecule has 1 amide bonds. The van der Waals surface area contributed by atoms with Crippen molar-refractivity contribution in [3.63, 3.8) is 0 Å². The van der Waals surface area contributed by atoms with E-state index in [4.69, 9.17) is 10.2 Å². The van der Waals surface area contributed by atoms with Crippen molar-refractivity contribution < 1.29 is 19.8 Å². The third kappa shape index (κ3) is 3.87. The quantitative estimate of drug-likeness (QED) is 0.843. The van der Waals surface area contributed by atoms with Crippen molar-refractivity contribution in [3.8, 4) is 0 Å². The van der Waals surface area contributed by atoms with Crippen LogP contribution in [0.3, 0.4) is 0 Å². The third-order valence-electron chi connectivity index (χ3n) is 2.78. The first-order valence-corrected chi connectivity index (χ1v) is 7.12. The number of amides is 1. The Labute approximate surface area is 125 Å². The summed E-state index contributed by atoms with van der Waals surface area (Å²) in [4.78, 5) is 28.4. The number of carbonyl (C=O) groups excluding carboxylic acids is 1. The van der Waals surface area contributed by atoms with Crippen LogP contribution in [0, 0.1) is 0 Å². The summed E-state index contributed by atoms with van der Waals surface area (Å²) in [6.07, 6.45) is 0. The number of thiazole rings is 1. The molecular formula is C14H14N2O4S. The van der Waals surface area contributed by atoms with Crippen LogP contribution in [0.5, 0.6) is 0 Å². The molecule has 0 aliphatic carbocycles. The van der Waals surface area contributed by atoms with Gasteiger partial charge < -0.3 is 15.1 Å². The molecule has 110 valence electrons. The topological polar surface area (TPSA) is 90.7 Å². The molecule has 2 rings (SSSR count). The van der Waals surface area contributed by atoms with Crippen molar-refractivity contribution in [2.45, 2.75) is 6.54 Å². The van der Waals surface area contributed by atoms with Gasteiger partial charge in [0, 0.05) is 18.5 Å². The zero-order valence-corrected chi connectivity index (χ0v) is 11.9. The van der Waals surface area contributed by atoms with Crippen molar-refractivity contribution in [2.24, 2.45) is 0 Å². The second-order valence-corrected chi connectivity index (χ2v) is 5.14. The van der Waals surface area contributed by atoms with Crippen molar-refractivity contribution >= 4 is 23.2 Å². The van der Waals surface area contributed by atoms with E-state index < -0.39 is 5.97 Å². The minimum atomic E-state index is -1.16. The van der Waals surface area contributed by atoms with Crippen LogP contribution in [0.4, 0.5) is 0 Å². The molecule has 2 aromatic rings. The average Bonchev–Trinajstić information content (AvgIpc) is 2.97. The first-order chi connectivity index (χ1) is 10.1. The van der Waals surface area contributed by atoms with E-state index in [1.807, 2.05) is 30.3 Å². The van der Waals surface area contributed by atoms with Crippen LogP contribution in [-0.4, -0.2) is 45.1 Å². The molecule has 0 aliphatic rings. The number of aromatic carboxylic acids is 1. The summed E-state index contributed by atoms with van der Waals surface area (Å²) in [6.45, 7) is 0.327. The zero-order valence-electron chi connectivity index (χ0n) is 11.1. The van der Waals surface area contributed by atoms with Crippen LogP contribution in [0.25, 0.3) is 0 Å². The van der Waals surface area contributed by atoms with E-state index in [0.717, 1.165) is 16.9 Å². The Hall–Kier alpha value is -2.25. The molecule has 0 bridgehead atoms. The van der Waals surface area contributed by atoms with E-state index in [0.29, 0.717) is 6.54 Å². The maximum Gasteiger partial charge on any atom is 0.355 e. The fraction of sp³-hybridized carbons (Fsp3) is 0.214. The van der Waals surface area contributed by atoms with Crippen molar-refractivity contribution in [1.82, 2.24) is 9.88 Å². The number of aliphatic hydroxyl groups is 1. The van der Waals surface area contributed by atoms with E-state index in [1.54, 1.807) is 0 Å². The molecule has 0 saturated heterocycles. The second-order valence-electron chi connectivity index (χ2n) is 4.28.